The fourth-order valence-corrected chi connectivity index (χ4v) is 1.67. The number of nitrogens with zero attached hydrogens (tertiary/aromatic N) is 2. The molecule has 0 saturated carbocycles. The van der Waals surface area contributed by atoms with Crippen LogP contribution in [0.15, 0.2) is 42.8 Å². The van der Waals surface area contributed by atoms with Crippen LogP contribution in [0.2, 0.25) is 0 Å². The van der Waals surface area contributed by atoms with Crippen LogP contribution in [0.4, 0.5) is 5.69 Å². The summed E-state index contributed by atoms with van der Waals surface area (Å²) in [7, 11) is 0. The molecule has 0 aliphatic carbocycles. The molecular weight excluding hydrogens is 232 g/mol. The van der Waals surface area contributed by atoms with Crippen molar-refractivity contribution < 1.29 is 14.4 Å². The van der Waals surface area contributed by atoms with Gasteiger partial charge < -0.3 is 4.84 Å². The lowest BCUT2D eigenvalue weighted by molar-refractivity contribution is -0.137. The maximum atomic E-state index is 11.6. The predicted octanol–water partition coefficient (Wildman–Crippen LogP) is 1.67. The Bertz CT molecular complexity index is 470. The molecule has 5 nitrogen and oxygen atoms in total. The van der Waals surface area contributed by atoms with Crippen LogP contribution in [-0.4, -0.2) is 23.3 Å². The number of carbonyl (C=O) groups is 2. The van der Waals surface area contributed by atoms with E-state index in [-0.39, 0.29) is 24.5 Å². The highest BCUT2D eigenvalue weighted by molar-refractivity contribution is 5.98. The number of ketones is 2. The van der Waals surface area contributed by atoms with Crippen LogP contribution in [0.5, 0.6) is 0 Å². The topological polar surface area (TPSA) is 49.9 Å². The highest BCUT2D eigenvalue weighted by Gasteiger charge is 2.22. The van der Waals surface area contributed by atoms with Crippen LogP contribution >= 0.6 is 0 Å². The molecule has 0 aromatic heterocycles. The van der Waals surface area contributed by atoms with Gasteiger partial charge in [-0.25, -0.2) is 5.01 Å². The summed E-state index contributed by atoms with van der Waals surface area (Å²) < 4.78 is 0. The largest absolute Gasteiger partial charge is 0.392 e. The first-order chi connectivity index (χ1) is 8.66. The van der Waals surface area contributed by atoms with E-state index >= 15 is 0 Å². The molecule has 0 unspecified atom stereocenters. The number of carbonyl (C=O) groups excluding carboxylic acids is 2. The lowest BCUT2D eigenvalue weighted by atomic mass is 10.2. The first-order valence-corrected chi connectivity index (χ1v) is 5.63. The van der Waals surface area contributed by atoms with E-state index in [0.29, 0.717) is 0 Å². The molecule has 0 bridgehead atoms. The molecule has 18 heavy (non-hydrogen) atoms. The Morgan fingerprint density at radius 3 is 2.61 bits per heavy atom. The number of hydroxylamine groups is 1. The average molecular weight is 246 g/mol. The lowest BCUT2D eigenvalue weighted by Gasteiger charge is -2.25. The molecule has 0 N–H and O–H groups in total. The quantitative estimate of drug-likeness (QED) is 0.740. The first kappa shape index (κ1) is 12.3. The van der Waals surface area contributed by atoms with Crippen molar-refractivity contribution in [2.75, 3.05) is 11.6 Å². The van der Waals surface area contributed by atoms with Crippen molar-refractivity contribution in [1.29, 1.82) is 0 Å². The minimum Gasteiger partial charge on any atom is -0.392 e. The van der Waals surface area contributed by atoms with Crippen molar-refractivity contribution in [2.45, 2.75) is 13.3 Å². The number of para-hydroxylation sites is 1. The normalized spacial score (nSPS) is 14.6. The third kappa shape index (κ3) is 2.95. The Balaban J connectivity index is 2.02. The molecule has 2 rings (SSSR count). The molecule has 0 atom stereocenters. The van der Waals surface area contributed by atoms with Crippen LogP contribution < -0.4 is 5.01 Å². The molecule has 94 valence electrons. The van der Waals surface area contributed by atoms with E-state index in [1.807, 2.05) is 30.3 Å². The van der Waals surface area contributed by atoms with Crippen LogP contribution in [0.1, 0.15) is 13.3 Å². The minimum atomic E-state index is -0.174. The smallest absolute Gasteiger partial charge is 0.159 e. The van der Waals surface area contributed by atoms with Crippen molar-refractivity contribution in [2.24, 2.45) is 0 Å². The summed E-state index contributed by atoms with van der Waals surface area (Å²) in [5.41, 5.74) is 0.891. The predicted molar refractivity (Wildman–Crippen MR) is 66.2 cm³/mol. The molecule has 0 fully saturated rings. The Morgan fingerprint density at radius 1 is 1.22 bits per heavy atom. The number of rotatable bonds is 5. The van der Waals surface area contributed by atoms with Gasteiger partial charge in [-0.1, -0.05) is 18.2 Å². The van der Waals surface area contributed by atoms with Crippen LogP contribution in [0.25, 0.3) is 0 Å². The third-order valence-corrected chi connectivity index (χ3v) is 2.40. The van der Waals surface area contributed by atoms with E-state index in [2.05, 4.69) is 0 Å². The summed E-state index contributed by atoms with van der Waals surface area (Å²) >= 11 is 0. The Labute approximate surface area is 105 Å². The summed E-state index contributed by atoms with van der Waals surface area (Å²) in [6.07, 6.45) is 3.15. The molecule has 0 radical (unpaired) electrons. The van der Waals surface area contributed by atoms with Crippen LogP contribution in [0, 0.1) is 0 Å². The molecule has 0 spiro atoms. The lowest BCUT2D eigenvalue weighted by Crippen LogP contribution is -2.38. The molecule has 0 amide bonds. The molecule has 1 aliphatic rings. The second-order valence-corrected chi connectivity index (χ2v) is 4.00. The zero-order valence-corrected chi connectivity index (χ0v) is 10.1. The standard InChI is InChI=1S/C13H14N2O3/c1-11(16)9-13(17)10-15-14(7-8-18-15)12-5-3-2-4-6-12/h2-8H,9-10H2,1H3. The minimum absolute atomic E-state index is 0.0431. The van der Waals surface area contributed by atoms with Gasteiger partial charge in [-0.3, -0.25) is 9.59 Å². The van der Waals surface area contributed by atoms with Crippen molar-refractivity contribution in [3.63, 3.8) is 0 Å². The van der Waals surface area contributed by atoms with Gasteiger partial charge in [0.2, 0.25) is 0 Å². The maximum Gasteiger partial charge on any atom is 0.159 e. The number of anilines is 1. The van der Waals surface area contributed by atoms with E-state index < -0.39 is 0 Å². The van der Waals surface area contributed by atoms with E-state index in [9.17, 15) is 9.59 Å². The molecular formula is C13H14N2O3. The van der Waals surface area contributed by atoms with Gasteiger partial charge in [-0.2, -0.15) is 0 Å². The van der Waals surface area contributed by atoms with Crippen molar-refractivity contribution in [3.8, 4) is 0 Å². The van der Waals surface area contributed by atoms with Crippen molar-refractivity contribution >= 4 is 17.3 Å². The van der Waals surface area contributed by atoms with Crippen LogP contribution in [0.3, 0.4) is 0 Å². The van der Waals surface area contributed by atoms with Gasteiger partial charge >= 0.3 is 0 Å². The van der Waals surface area contributed by atoms with Gasteiger partial charge in [0.15, 0.2) is 5.78 Å². The molecule has 0 saturated heterocycles. The molecule has 1 aliphatic heterocycles. The first-order valence-electron chi connectivity index (χ1n) is 5.63. The monoisotopic (exact) mass is 246 g/mol. The van der Waals surface area contributed by atoms with Gasteiger partial charge in [-0.05, 0) is 24.2 Å². The number of Topliss-reactive ketones (excluding diaryl/α,β-unsaturated/α-hetero) is 2. The van der Waals surface area contributed by atoms with Gasteiger partial charge in [-0.15, -0.1) is 0 Å². The Morgan fingerprint density at radius 2 is 1.94 bits per heavy atom. The number of hydrazine groups is 1. The second-order valence-electron chi connectivity index (χ2n) is 4.00. The molecule has 5 heteroatoms. The highest BCUT2D eigenvalue weighted by Crippen LogP contribution is 2.20. The Hall–Kier alpha value is -2.14. The van der Waals surface area contributed by atoms with E-state index in [4.69, 9.17) is 4.84 Å². The van der Waals surface area contributed by atoms with Gasteiger partial charge in [0.25, 0.3) is 0 Å². The fraction of sp³-hybridized carbons (Fsp3) is 0.231. The van der Waals surface area contributed by atoms with Gasteiger partial charge in [0, 0.05) is 0 Å². The summed E-state index contributed by atoms with van der Waals surface area (Å²) in [6.45, 7) is 1.44. The second kappa shape index (κ2) is 5.46. The molecule has 1 aromatic carbocycles. The SMILES string of the molecule is CC(=O)CC(=O)CN1OC=CN1c1ccccc1. The third-order valence-electron chi connectivity index (χ3n) is 2.40. The van der Waals surface area contributed by atoms with Crippen molar-refractivity contribution in [3.05, 3.63) is 42.8 Å². The van der Waals surface area contributed by atoms with Crippen LogP contribution in [-0.2, 0) is 14.4 Å². The number of hydrogen-bond acceptors (Lipinski definition) is 5. The molecule has 1 aromatic rings. The average Bonchev–Trinajstić information content (AvgIpc) is 2.77. The maximum absolute atomic E-state index is 11.6. The van der Waals surface area contributed by atoms with Gasteiger partial charge in [0.05, 0.1) is 18.3 Å². The summed E-state index contributed by atoms with van der Waals surface area (Å²) in [5.74, 6) is -0.314. The van der Waals surface area contributed by atoms with Crippen molar-refractivity contribution in [1.82, 2.24) is 5.17 Å². The van der Waals surface area contributed by atoms with E-state index in [0.717, 1.165) is 5.69 Å². The fourth-order valence-electron chi connectivity index (χ4n) is 1.67. The summed E-state index contributed by atoms with van der Waals surface area (Å²) in [4.78, 5) is 27.7. The summed E-state index contributed by atoms with van der Waals surface area (Å²) in [5, 5.41) is 3.14. The zero-order chi connectivity index (χ0) is 13.0. The number of hydrogen-bond donors (Lipinski definition) is 0. The molecule has 1 heterocycles. The van der Waals surface area contributed by atoms with Gasteiger partial charge in [0.1, 0.15) is 18.6 Å². The van der Waals surface area contributed by atoms with E-state index in [1.54, 1.807) is 11.2 Å². The Kier molecular flexibility index (Phi) is 3.74. The summed E-state index contributed by atoms with van der Waals surface area (Å²) in [6, 6.07) is 9.52. The number of benzene rings is 1. The zero-order valence-electron chi connectivity index (χ0n) is 10.1. The van der Waals surface area contributed by atoms with E-state index in [1.165, 1.54) is 18.4 Å². The highest BCUT2D eigenvalue weighted by atomic mass is 16.7.